The molecule has 0 aromatic heterocycles. The topological polar surface area (TPSA) is 74.7 Å². The largest absolute Gasteiger partial charge is 0.481 e. The molecular weight excluding hydrogens is 290 g/mol. The van der Waals surface area contributed by atoms with Crippen LogP contribution in [0, 0.1) is 5.92 Å². The van der Waals surface area contributed by atoms with Gasteiger partial charge in [0.25, 0.3) is 0 Å². The smallest absolute Gasteiger partial charge is 0.309 e. The third-order valence-corrected chi connectivity index (χ3v) is 5.12. The van der Waals surface area contributed by atoms with Gasteiger partial charge in [-0.05, 0) is 24.3 Å². The molecule has 1 aromatic rings. The minimum absolute atomic E-state index is 0.0129. The van der Waals surface area contributed by atoms with Crippen molar-refractivity contribution in [2.75, 3.05) is 25.4 Å². The molecule has 0 radical (unpaired) electrons. The zero-order valence-corrected chi connectivity index (χ0v) is 11.7. The average Bonchev–Trinajstić information content (AvgIpc) is 2.26. The maximum Gasteiger partial charge on any atom is 0.309 e. The van der Waals surface area contributed by atoms with Crippen molar-refractivity contribution in [1.82, 2.24) is 4.90 Å². The molecule has 1 N–H and O–H groups in total. The highest BCUT2D eigenvalue weighted by Gasteiger charge is 2.32. The Morgan fingerprint density at radius 2 is 1.89 bits per heavy atom. The lowest BCUT2D eigenvalue weighted by Crippen LogP contribution is -2.51. The highest BCUT2D eigenvalue weighted by atomic mass is 35.5. The minimum atomic E-state index is -3.33. The second-order valence-corrected chi connectivity index (χ2v) is 7.11. The van der Waals surface area contributed by atoms with Crippen LogP contribution in [0.5, 0.6) is 0 Å². The van der Waals surface area contributed by atoms with E-state index in [1.165, 1.54) is 12.1 Å². The van der Waals surface area contributed by atoms with E-state index in [-0.39, 0.29) is 16.6 Å². The highest BCUT2D eigenvalue weighted by Crippen LogP contribution is 2.18. The number of aliphatic carboxylic acids is 1. The molecular formula is C12H14ClNO4S. The van der Waals surface area contributed by atoms with E-state index in [9.17, 15) is 13.2 Å². The maximum atomic E-state index is 12.0. The molecule has 0 unspecified atom stereocenters. The first-order chi connectivity index (χ1) is 8.88. The number of halogens is 1. The summed E-state index contributed by atoms with van der Waals surface area (Å²) in [5.41, 5.74) is 0. The van der Waals surface area contributed by atoms with Crippen molar-refractivity contribution in [1.29, 1.82) is 0 Å². The van der Waals surface area contributed by atoms with Crippen LogP contribution in [0.25, 0.3) is 0 Å². The van der Waals surface area contributed by atoms with Crippen LogP contribution in [-0.4, -0.2) is 49.8 Å². The Morgan fingerprint density at radius 1 is 1.32 bits per heavy atom. The van der Waals surface area contributed by atoms with Crippen LogP contribution in [0.3, 0.4) is 0 Å². The van der Waals surface area contributed by atoms with Crippen LogP contribution in [0.1, 0.15) is 0 Å². The summed E-state index contributed by atoms with van der Waals surface area (Å²) in [5.74, 6) is -1.20. The van der Waals surface area contributed by atoms with Crippen molar-refractivity contribution in [3.05, 3.63) is 29.3 Å². The molecule has 1 aromatic carbocycles. The summed E-state index contributed by atoms with van der Waals surface area (Å²) in [5, 5.41) is 9.22. The molecule has 0 amide bonds. The lowest BCUT2D eigenvalue weighted by Gasteiger charge is -2.36. The summed E-state index contributed by atoms with van der Waals surface area (Å²) in [7, 11) is -3.33. The van der Waals surface area contributed by atoms with E-state index in [4.69, 9.17) is 16.7 Å². The molecule has 0 aliphatic carbocycles. The van der Waals surface area contributed by atoms with Crippen LogP contribution in [-0.2, 0) is 14.6 Å². The number of likely N-dealkylation sites (tertiary alicyclic amines) is 1. The van der Waals surface area contributed by atoms with Gasteiger partial charge in [0.1, 0.15) is 0 Å². The predicted molar refractivity (Wildman–Crippen MR) is 71.1 cm³/mol. The molecule has 1 fully saturated rings. The van der Waals surface area contributed by atoms with Gasteiger partial charge in [-0.1, -0.05) is 11.6 Å². The Balaban J connectivity index is 1.89. The number of sulfone groups is 1. The van der Waals surface area contributed by atoms with E-state index in [2.05, 4.69) is 0 Å². The van der Waals surface area contributed by atoms with Crippen LogP contribution in [0.4, 0.5) is 0 Å². The molecule has 1 heterocycles. The van der Waals surface area contributed by atoms with Gasteiger partial charge in [-0.25, -0.2) is 8.42 Å². The zero-order chi connectivity index (χ0) is 14.0. The van der Waals surface area contributed by atoms with Gasteiger partial charge < -0.3 is 10.0 Å². The van der Waals surface area contributed by atoms with Gasteiger partial charge in [-0.15, -0.1) is 0 Å². The third kappa shape index (κ3) is 3.46. The monoisotopic (exact) mass is 303 g/mol. The van der Waals surface area contributed by atoms with E-state index >= 15 is 0 Å². The fourth-order valence-electron chi connectivity index (χ4n) is 1.92. The molecule has 0 atom stereocenters. The number of nitrogens with zero attached hydrogens (tertiary/aromatic N) is 1. The second kappa shape index (κ2) is 5.48. The Hall–Kier alpha value is -1.11. The molecule has 104 valence electrons. The van der Waals surface area contributed by atoms with Gasteiger partial charge in [-0.2, -0.15) is 0 Å². The summed E-state index contributed by atoms with van der Waals surface area (Å²) < 4.78 is 24.0. The Bertz CT molecular complexity index is 564. The average molecular weight is 304 g/mol. The first-order valence-electron chi connectivity index (χ1n) is 5.82. The Labute approximate surface area is 116 Å². The van der Waals surface area contributed by atoms with Crippen molar-refractivity contribution in [3.8, 4) is 0 Å². The number of carbonyl (C=O) groups is 1. The summed E-state index contributed by atoms with van der Waals surface area (Å²) in [6, 6.07) is 6.04. The molecule has 19 heavy (non-hydrogen) atoms. The zero-order valence-electron chi connectivity index (χ0n) is 10.1. The molecule has 5 nitrogen and oxygen atoms in total. The van der Waals surface area contributed by atoms with E-state index in [0.29, 0.717) is 24.7 Å². The number of hydrogen-bond acceptors (Lipinski definition) is 4. The van der Waals surface area contributed by atoms with Crippen LogP contribution in [0.2, 0.25) is 5.02 Å². The van der Waals surface area contributed by atoms with Gasteiger partial charge in [0.2, 0.25) is 0 Å². The predicted octanol–water partition coefficient (Wildman–Crippen LogP) is 1.13. The third-order valence-electron chi connectivity index (χ3n) is 3.16. The minimum Gasteiger partial charge on any atom is -0.481 e. The van der Waals surface area contributed by atoms with Crippen LogP contribution < -0.4 is 0 Å². The summed E-state index contributed by atoms with van der Waals surface area (Å²) in [6.07, 6.45) is 0. The SMILES string of the molecule is O=C(O)C1CN(CCS(=O)(=O)c2ccc(Cl)cc2)C1. The molecule has 7 heteroatoms. The van der Waals surface area contributed by atoms with Crippen LogP contribution in [0.15, 0.2) is 29.2 Å². The summed E-state index contributed by atoms with van der Waals surface area (Å²) in [4.78, 5) is 12.7. The number of rotatable bonds is 5. The second-order valence-electron chi connectivity index (χ2n) is 4.57. The lowest BCUT2D eigenvalue weighted by molar-refractivity contribution is -0.147. The van der Waals surface area contributed by atoms with E-state index in [0.717, 1.165) is 0 Å². The summed E-state index contributed by atoms with van der Waals surface area (Å²) in [6.45, 7) is 1.20. The Morgan fingerprint density at radius 3 is 2.42 bits per heavy atom. The Kier molecular flexibility index (Phi) is 4.13. The first-order valence-corrected chi connectivity index (χ1v) is 7.85. The van der Waals surface area contributed by atoms with Gasteiger partial charge >= 0.3 is 5.97 Å². The molecule has 0 spiro atoms. The molecule has 1 saturated heterocycles. The fourth-order valence-corrected chi connectivity index (χ4v) is 3.33. The van der Waals surface area contributed by atoms with E-state index in [1.54, 1.807) is 12.1 Å². The molecule has 0 saturated carbocycles. The normalized spacial score (nSPS) is 17.1. The number of benzene rings is 1. The van der Waals surface area contributed by atoms with Gasteiger partial charge in [0, 0.05) is 24.7 Å². The van der Waals surface area contributed by atoms with Crippen molar-refractivity contribution in [2.45, 2.75) is 4.90 Å². The van der Waals surface area contributed by atoms with Gasteiger partial charge in [0.05, 0.1) is 16.6 Å². The maximum absolute atomic E-state index is 12.0. The van der Waals surface area contributed by atoms with Crippen LogP contribution >= 0.6 is 11.6 Å². The molecule has 1 aliphatic rings. The summed E-state index contributed by atoms with van der Waals surface area (Å²) >= 11 is 5.71. The van der Waals surface area contributed by atoms with Gasteiger partial charge in [-0.3, -0.25) is 4.79 Å². The van der Waals surface area contributed by atoms with Crippen molar-refractivity contribution < 1.29 is 18.3 Å². The lowest BCUT2D eigenvalue weighted by atomic mass is 10.0. The van der Waals surface area contributed by atoms with Gasteiger partial charge in [0.15, 0.2) is 9.84 Å². The van der Waals surface area contributed by atoms with Crippen molar-refractivity contribution >= 4 is 27.4 Å². The number of hydrogen-bond donors (Lipinski definition) is 1. The quantitative estimate of drug-likeness (QED) is 0.882. The van der Waals surface area contributed by atoms with E-state index in [1.807, 2.05) is 4.90 Å². The van der Waals surface area contributed by atoms with Crippen molar-refractivity contribution in [2.24, 2.45) is 5.92 Å². The highest BCUT2D eigenvalue weighted by molar-refractivity contribution is 7.91. The number of carboxylic acid groups (broad SMARTS) is 1. The molecule has 2 rings (SSSR count). The first kappa shape index (κ1) is 14.3. The van der Waals surface area contributed by atoms with Crippen molar-refractivity contribution in [3.63, 3.8) is 0 Å². The molecule has 1 aliphatic heterocycles. The number of carboxylic acids is 1. The van der Waals surface area contributed by atoms with E-state index < -0.39 is 15.8 Å². The molecule has 0 bridgehead atoms. The fraction of sp³-hybridized carbons (Fsp3) is 0.417. The standard InChI is InChI=1S/C12H14ClNO4S/c13-10-1-3-11(4-2-10)19(17,18)6-5-14-7-9(8-14)12(15)16/h1-4,9H,5-8H2,(H,15,16).